The molecule has 1 aromatic heterocycles. The molecule has 1 fully saturated rings. The summed E-state index contributed by atoms with van der Waals surface area (Å²) < 4.78 is 26.4. The van der Waals surface area contributed by atoms with Gasteiger partial charge in [-0.05, 0) is 25.0 Å². The number of nitrogens with zero attached hydrogens (tertiary/aromatic N) is 1. The largest absolute Gasteiger partial charge is 0.326 e. The molecule has 0 aromatic carbocycles. The van der Waals surface area contributed by atoms with Crippen LogP contribution in [-0.2, 0) is 16.6 Å². The van der Waals surface area contributed by atoms with Gasteiger partial charge in [-0.1, -0.05) is 6.42 Å². The van der Waals surface area contributed by atoms with Gasteiger partial charge in [0.2, 0.25) is 0 Å². The van der Waals surface area contributed by atoms with Gasteiger partial charge in [0.15, 0.2) is 0 Å². The zero-order valence-electron chi connectivity index (χ0n) is 9.46. The summed E-state index contributed by atoms with van der Waals surface area (Å²) in [5.74, 6) is 0. The molecule has 2 rings (SSSR count). The van der Waals surface area contributed by atoms with E-state index in [1.54, 1.807) is 16.4 Å². The molecule has 1 aromatic rings. The minimum Gasteiger partial charge on any atom is -0.326 e. The molecule has 0 amide bonds. The number of hydrogen-bond acceptors (Lipinski definition) is 4. The van der Waals surface area contributed by atoms with E-state index in [0.717, 1.165) is 24.1 Å². The molecule has 4 nitrogen and oxygen atoms in total. The first kappa shape index (κ1) is 14.9. The Hall–Kier alpha value is -0.140. The van der Waals surface area contributed by atoms with E-state index in [4.69, 9.17) is 5.73 Å². The van der Waals surface area contributed by atoms with Crippen LogP contribution in [0, 0.1) is 0 Å². The van der Waals surface area contributed by atoms with Crippen molar-refractivity contribution in [1.29, 1.82) is 0 Å². The zero-order chi connectivity index (χ0) is 11.6. The Morgan fingerprint density at radius 3 is 2.41 bits per heavy atom. The number of piperidine rings is 1. The summed E-state index contributed by atoms with van der Waals surface area (Å²) in [5, 5.41) is 0. The molecule has 0 spiro atoms. The first-order valence-corrected chi connectivity index (χ1v) is 7.69. The molecule has 0 atom stereocenters. The van der Waals surface area contributed by atoms with Crippen LogP contribution in [0.4, 0.5) is 0 Å². The van der Waals surface area contributed by atoms with Gasteiger partial charge >= 0.3 is 0 Å². The van der Waals surface area contributed by atoms with Gasteiger partial charge in [0, 0.05) is 24.5 Å². The maximum atomic E-state index is 12.2. The van der Waals surface area contributed by atoms with E-state index in [1.165, 1.54) is 11.3 Å². The van der Waals surface area contributed by atoms with E-state index < -0.39 is 10.0 Å². The summed E-state index contributed by atoms with van der Waals surface area (Å²) in [5.41, 5.74) is 5.49. The van der Waals surface area contributed by atoms with Crippen LogP contribution in [-0.4, -0.2) is 25.8 Å². The summed E-state index contributed by atoms with van der Waals surface area (Å²) in [6.45, 7) is 1.70. The van der Waals surface area contributed by atoms with Gasteiger partial charge in [-0.15, -0.1) is 23.7 Å². The predicted octanol–water partition coefficient (Wildman–Crippen LogP) is 1.80. The zero-order valence-corrected chi connectivity index (χ0v) is 11.9. The number of rotatable bonds is 3. The molecule has 2 N–H and O–H groups in total. The molecule has 0 unspecified atom stereocenters. The number of hydrogen-bond donors (Lipinski definition) is 1. The molecule has 0 saturated carbocycles. The fraction of sp³-hybridized carbons (Fsp3) is 0.600. The Balaban J connectivity index is 0.00000144. The second kappa shape index (κ2) is 6.15. The van der Waals surface area contributed by atoms with Gasteiger partial charge < -0.3 is 5.73 Å². The van der Waals surface area contributed by atoms with Crippen molar-refractivity contribution < 1.29 is 8.42 Å². The second-order valence-corrected chi connectivity index (χ2v) is 7.22. The molecule has 1 saturated heterocycles. The van der Waals surface area contributed by atoms with Crippen molar-refractivity contribution in [3.8, 4) is 0 Å². The van der Waals surface area contributed by atoms with Crippen molar-refractivity contribution in [2.45, 2.75) is 30.0 Å². The van der Waals surface area contributed by atoms with E-state index >= 15 is 0 Å². The van der Waals surface area contributed by atoms with Crippen LogP contribution in [0.2, 0.25) is 0 Å². The lowest BCUT2D eigenvalue weighted by Gasteiger charge is -2.25. The Morgan fingerprint density at radius 2 is 1.88 bits per heavy atom. The fourth-order valence-corrected chi connectivity index (χ4v) is 4.74. The van der Waals surface area contributed by atoms with Crippen LogP contribution in [0.5, 0.6) is 0 Å². The molecule has 1 aliphatic rings. The van der Waals surface area contributed by atoms with Crippen molar-refractivity contribution >= 4 is 33.8 Å². The molecule has 2 heterocycles. The van der Waals surface area contributed by atoms with Crippen molar-refractivity contribution in [3.63, 3.8) is 0 Å². The van der Waals surface area contributed by atoms with Crippen LogP contribution in [0.15, 0.2) is 16.3 Å². The maximum absolute atomic E-state index is 12.2. The number of halogens is 1. The van der Waals surface area contributed by atoms with Crippen molar-refractivity contribution in [2.24, 2.45) is 5.73 Å². The topological polar surface area (TPSA) is 63.4 Å². The quantitative estimate of drug-likeness (QED) is 0.925. The smallest absolute Gasteiger partial charge is 0.252 e. The summed E-state index contributed by atoms with van der Waals surface area (Å²) in [6.07, 6.45) is 3.06. The lowest BCUT2D eigenvalue weighted by Crippen LogP contribution is -2.35. The first-order chi connectivity index (χ1) is 7.64. The monoisotopic (exact) mass is 296 g/mol. The summed E-state index contributed by atoms with van der Waals surface area (Å²) in [7, 11) is -3.26. The van der Waals surface area contributed by atoms with Gasteiger partial charge in [0.05, 0.1) is 0 Å². The van der Waals surface area contributed by atoms with E-state index in [9.17, 15) is 8.42 Å². The second-order valence-electron chi connectivity index (χ2n) is 3.89. The standard InChI is InChI=1S/C10H16N2O2S2.ClH/c11-8-9-4-5-10(15-9)16(13,14)12-6-2-1-3-7-12;/h4-5H,1-3,6-8,11H2;1H. The molecular weight excluding hydrogens is 280 g/mol. The summed E-state index contributed by atoms with van der Waals surface area (Å²) >= 11 is 1.28. The van der Waals surface area contributed by atoms with Gasteiger partial charge in [-0.25, -0.2) is 8.42 Å². The van der Waals surface area contributed by atoms with Crippen LogP contribution >= 0.6 is 23.7 Å². The highest BCUT2D eigenvalue weighted by molar-refractivity contribution is 7.91. The molecular formula is C10H17ClN2O2S2. The third-order valence-electron chi connectivity index (χ3n) is 2.75. The Bertz CT molecular complexity index is 453. The van der Waals surface area contributed by atoms with Gasteiger partial charge in [0.25, 0.3) is 10.0 Å². The highest BCUT2D eigenvalue weighted by atomic mass is 35.5. The maximum Gasteiger partial charge on any atom is 0.252 e. The molecule has 0 aliphatic carbocycles. The molecule has 98 valence electrons. The molecule has 0 radical (unpaired) electrons. The minimum absolute atomic E-state index is 0. The van der Waals surface area contributed by atoms with Crippen LogP contribution in [0.25, 0.3) is 0 Å². The van der Waals surface area contributed by atoms with E-state index in [2.05, 4.69) is 0 Å². The number of sulfonamides is 1. The highest BCUT2D eigenvalue weighted by Gasteiger charge is 2.27. The predicted molar refractivity (Wildman–Crippen MR) is 72.1 cm³/mol. The van der Waals surface area contributed by atoms with E-state index in [1.807, 2.05) is 0 Å². The summed E-state index contributed by atoms with van der Waals surface area (Å²) in [6, 6.07) is 3.46. The Labute approximate surface area is 112 Å². The van der Waals surface area contributed by atoms with Crippen LogP contribution in [0.3, 0.4) is 0 Å². The lowest BCUT2D eigenvalue weighted by molar-refractivity contribution is 0.347. The highest BCUT2D eigenvalue weighted by Crippen LogP contribution is 2.26. The molecule has 17 heavy (non-hydrogen) atoms. The Kier molecular flexibility index (Phi) is 5.40. The van der Waals surface area contributed by atoms with E-state index in [0.29, 0.717) is 23.8 Å². The Morgan fingerprint density at radius 1 is 1.24 bits per heavy atom. The van der Waals surface area contributed by atoms with E-state index in [-0.39, 0.29) is 12.4 Å². The SMILES string of the molecule is Cl.NCc1ccc(S(=O)(=O)N2CCCCC2)s1. The van der Waals surface area contributed by atoms with Crippen LogP contribution in [0.1, 0.15) is 24.1 Å². The third-order valence-corrected chi connectivity index (χ3v) is 6.22. The first-order valence-electron chi connectivity index (χ1n) is 5.43. The average Bonchev–Trinajstić information content (AvgIpc) is 2.79. The number of nitrogens with two attached hydrogens (primary N) is 1. The fourth-order valence-electron chi connectivity index (χ4n) is 1.84. The number of thiophene rings is 1. The third kappa shape index (κ3) is 3.20. The average molecular weight is 297 g/mol. The lowest BCUT2D eigenvalue weighted by atomic mass is 10.2. The van der Waals surface area contributed by atoms with Crippen LogP contribution < -0.4 is 5.73 Å². The van der Waals surface area contributed by atoms with Gasteiger partial charge in [-0.3, -0.25) is 0 Å². The van der Waals surface area contributed by atoms with Crippen molar-refractivity contribution in [1.82, 2.24) is 4.31 Å². The van der Waals surface area contributed by atoms with Gasteiger partial charge in [0.1, 0.15) is 4.21 Å². The van der Waals surface area contributed by atoms with Crippen molar-refractivity contribution in [2.75, 3.05) is 13.1 Å². The molecule has 0 bridgehead atoms. The molecule has 1 aliphatic heterocycles. The molecule has 7 heteroatoms. The summed E-state index contributed by atoms with van der Waals surface area (Å²) in [4.78, 5) is 0.913. The van der Waals surface area contributed by atoms with Crippen molar-refractivity contribution in [3.05, 3.63) is 17.0 Å². The minimum atomic E-state index is -3.26. The normalized spacial score (nSPS) is 17.7. The van der Waals surface area contributed by atoms with Gasteiger partial charge in [-0.2, -0.15) is 4.31 Å².